The second-order valence-electron chi connectivity index (χ2n) is 4.85. The molecule has 1 amide bonds. The summed E-state index contributed by atoms with van der Waals surface area (Å²) in [6, 6.07) is 0. The van der Waals surface area contributed by atoms with Gasteiger partial charge in [-0.3, -0.25) is 14.4 Å². The van der Waals surface area contributed by atoms with Gasteiger partial charge < -0.3 is 14.7 Å². The van der Waals surface area contributed by atoms with Crippen LogP contribution < -0.4 is 0 Å². The Morgan fingerprint density at radius 3 is 2.11 bits per heavy atom. The summed E-state index contributed by atoms with van der Waals surface area (Å²) in [6.07, 6.45) is -0.0672. The maximum absolute atomic E-state index is 11.9. The van der Waals surface area contributed by atoms with Gasteiger partial charge in [-0.05, 0) is 27.7 Å². The van der Waals surface area contributed by atoms with E-state index in [1.54, 1.807) is 27.7 Å². The van der Waals surface area contributed by atoms with Crippen LogP contribution in [0, 0.1) is 0 Å². The quantitative estimate of drug-likeness (QED) is 0.720. The minimum atomic E-state index is -1.07. The van der Waals surface area contributed by atoms with Crippen molar-refractivity contribution >= 4 is 17.8 Å². The highest BCUT2D eigenvalue weighted by Gasteiger charge is 2.28. The third-order valence-electron chi connectivity index (χ3n) is 2.25. The fourth-order valence-corrected chi connectivity index (χ4v) is 1.41. The first-order valence-corrected chi connectivity index (χ1v) is 5.86. The van der Waals surface area contributed by atoms with Gasteiger partial charge in [0.15, 0.2) is 0 Å². The first kappa shape index (κ1) is 16.4. The van der Waals surface area contributed by atoms with E-state index >= 15 is 0 Å². The maximum Gasteiger partial charge on any atom is 0.323 e. The van der Waals surface area contributed by atoms with Crippen molar-refractivity contribution in [1.29, 1.82) is 0 Å². The molecule has 0 unspecified atom stereocenters. The topological polar surface area (TPSA) is 83.9 Å². The van der Waals surface area contributed by atoms with E-state index in [1.807, 2.05) is 0 Å². The predicted octanol–water partition coefficient (Wildman–Crippen LogP) is 1.04. The minimum absolute atomic E-state index is 0.0289. The fourth-order valence-electron chi connectivity index (χ4n) is 1.41. The molecule has 0 bridgehead atoms. The molecule has 0 rings (SSSR count). The lowest BCUT2D eigenvalue weighted by atomic mass is 10.0. The Labute approximate surface area is 107 Å². The molecule has 0 atom stereocenters. The Morgan fingerprint density at radius 2 is 1.72 bits per heavy atom. The largest absolute Gasteiger partial charge is 0.480 e. The van der Waals surface area contributed by atoms with E-state index in [9.17, 15) is 14.4 Å². The van der Waals surface area contributed by atoms with Crippen LogP contribution in [0.15, 0.2) is 0 Å². The first-order valence-electron chi connectivity index (χ1n) is 5.86. The van der Waals surface area contributed by atoms with Crippen LogP contribution in [0.4, 0.5) is 0 Å². The zero-order valence-corrected chi connectivity index (χ0v) is 11.4. The standard InChI is InChI=1S/C12H21NO5/c1-5-18-11(17)7-6-9(14)13(8-10(15)16)12(2,3)4/h5-8H2,1-4H3,(H,15,16). The van der Waals surface area contributed by atoms with E-state index in [-0.39, 0.29) is 31.9 Å². The molecule has 0 saturated heterocycles. The Kier molecular flexibility index (Phi) is 6.36. The summed E-state index contributed by atoms with van der Waals surface area (Å²) in [4.78, 5) is 35.0. The smallest absolute Gasteiger partial charge is 0.323 e. The molecule has 0 aromatic carbocycles. The van der Waals surface area contributed by atoms with Gasteiger partial charge in [0, 0.05) is 12.0 Å². The van der Waals surface area contributed by atoms with Gasteiger partial charge >= 0.3 is 11.9 Å². The number of carbonyl (C=O) groups excluding carboxylic acids is 2. The number of ether oxygens (including phenoxy) is 1. The lowest BCUT2D eigenvalue weighted by molar-refractivity contribution is -0.150. The Morgan fingerprint density at radius 1 is 1.17 bits per heavy atom. The zero-order valence-electron chi connectivity index (χ0n) is 11.4. The van der Waals surface area contributed by atoms with Crippen LogP contribution in [0.5, 0.6) is 0 Å². The lowest BCUT2D eigenvalue weighted by Gasteiger charge is -2.34. The molecule has 0 radical (unpaired) electrons. The van der Waals surface area contributed by atoms with Crippen LogP contribution >= 0.6 is 0 Å². The third kappa shape index (κ3) is 6.22. The molecular formula is C12H21NO5. The highest BCUT2D eigenvalue weighted by atomic mass is 16.5. The molecular weight excluding hydrogens is 238 g/mol. The fraction of sp³-hybridized carbons (Fsp3) is 0.750. The Hall–Kier alpha value is -1.59. The number of hydrogen-bond donors (Lipinski definition) is 1. The van der Waals surface area contributed by atoms with Crippen molar-refractivity contribution in [3.8, 4) is 0 Å². The number of esters is 1. The highest BCUT2D eigenvalue weighted by Crippen LogP contribution is 2.15. The number of amides is 1. The molecule has 6 heteroatoms. The molecule has 1 N–H and O–H groups in total. The summed E-state index contributed by atoms with van der Waals surface area (Å²) >= 11 is 0. The van der Waals surface area contributed by atoms with Gasteiger partial charge in [-0.2, -0.15) is 0 Å². The van der Waals surface area contributed by atoms with Gasteiger partial charge in [-0.1, -0.05) is 0 Å². The molecule has 0 aliphatic rings. The number of nitrogens with zero attached hydrogens (tertiary/aromatic N) is 1. The van der Waals surface area contributed by atoms with Crippen LogP contribution in [0.1, 0.15) is 40.5 Å². The van der Waals surface area contributed by atoms with Crippen molar-refractivity contribution in [2.75, 3.05) is 13.2 Å². The number of carbonyl (C=O) groups is 3. The Bertz CT molecular complexity index is 319. The predicted molar refractivity (Wildman–Crippen MR) is 65.0 cm³/mol. The summed E-state index contributed by atoms with van der Waals surface area (Å²) in [5, 5.41) is 8.77. The van der Waals surface area contributed by atoms with E-state index in [0.717, 1.165) is 0 Å². The summed E-state index contributed by atoms with van der Waals surface area (Å²) in [6.45, 7) is 6.83. The highest BCUT2D eigenvalue weighted by molar-refractivity contribution is 5.84. The van der Waals surface area contributed by atoms with Crippen molar-refractivity contribution in [3.63, 3.8) is 0 Å². The molecule has 0 heterocycles. The number of rotatable bonds is 6. The second kappa shape index (κ2) is 6.98. The first-order chi connectivity index (χ1) is 8.18. The zero-order chi connectivity index (χ0) is 14.3. The number of carboxylic acid groups (broad SMARTS) is 1. The van der Waals surface area contributed by atoms with Gasteiger partial charge in [-0.25, -0.2) is 0 Å². The second-order valence-corrected chi connectivity index (χ2v) is 4.85. The summed E-state index contributed by atoms with van der Waals surface area (Å²) in [5.74, 6) is -1.89. The van der Waals surface area contributed by atoms with Gasteiger partial charge in [0.05, 0.1) is 13.0 Å². The Balaban J connectivity index is 4.49. The minimum Gasteiger partial charge on any atom is -0.480 e. The van der Waals surface area contributed by atoms with Crippen molar-refractivity contribution < 1.29 is 24.2 Å². The van der Waals surface area contributed by atoms with Crippen LogP contribution in [0.25, 0.3) is 0 Å². The molecule has 0 saturated carbocycles. The monoisotopic (exact) mass is 259 g/mol. The number of hydrogen-bond acceptors (Lipinski definition) is 4. The summed E-state index contributed by atoms with van der Waals surface area (Å²) in [5.41, 5.74) is -0.593. The van der Waals surface area contributed by atoms with Crippen molar-refractivity contribution in [3.05, 3.63) is 0 Å². The number of carboxylic acids is 1. The van der Waals surface area contributed by atoms with Crippen LogP contribution in [0.3, 0.4) is 0 Å². The molecule has 0 spiro atoms. The molecule has 0 aliphatic heterocycles. The number of aliphatic carboxylic acids is 1. The maximum atomic E-state index is 11.9. The molecule has 0 aromatic rings. The van der Waals surface area contributed by atoms with Gasteiger partial charge in [0.2, 0.25) is 5.91 Å². The molecule has 0 fully saturated rings. The van der Waals surface area contributed by atoms with Crippen molar-refractivity contribution in [2.45, 2.75) is 46.1 Å². The van der Waals surface area contributed by atoms with Crippen LogP contribution in [-0.2, 0) is 19.1 Å². The lowest BCUT2D eigenvalue weighted by Crippen LogP contribution is -2.48. The van der Waals surface area contributed by atoms with E-state index in [4.69, 9.17) is 9.84 Å². The summed E-state index contributed by atoms with van der Waals surface area (Å²) < 4.78 is 4.71. The van der Waals surface area contributed by atoms with Crippen molar-refractivity contribution in [2.24, 2.45) is 0 Å². The SMILES string of the molecule is CCOC(=O)CCC(=O)N(CC(=O)O)C(C)(C)C. The van der Waals surface area contributed by atoms with E-state index in [2.05, 4.69) is 0 Å². The summed E-state index contributed by atoms with van der Waals surface area (Å²) in [7, 11) is 0. The average Bonchev–Trinajstić information content (AvgIpc) is 2.21. The molecule has 18 heavy (non-hydrogen) atoms. The van der Waals surface area contributed by atoms with E-state index < -0.39 is 17.5 Å². The van der Waals surface area contributed by atoms with Crippen molar-refractivity contribution in [1.82, 2.24) is 4.90 Å². The van der Waals surface area contributed by atoms with E-state index in [0.29, 0.717) is 0 Å². The molecule has 0 aliphatic carbocycles. The molecule has 0 aromatic heterocycles. The molecule has 6 nitrogen and oxygen atoms in total. The average molecular weight is 259 g/mol. The third-order valence-corrected chi connectivity index (χ3v) is 2.25. The van der Waals surface area contributed by atoms with E-state index in [1.165, 1.54) is 4.90 Å². The normalized spacial score (nSPS) is 10.9. The van der Waals surface area contributed by atoms with Gasteiger partial charge in [0.25, 0.3) is 0 Å². The van der Waals surface area contributed by atoms with Gasteiger partial charge in [-0.15, -0.1) is 0 Å². The van der Waals surface area contributed by atoms with Crippen LogP contribution in [0.2, 0.25) is 0 Å². The van der Waals surface area contributed by atoms with Gasteiger partial charge in [0.1, 0.15) is 6.54 Å². The van der Waals surface area contributed by atoms with Crippen LogP contribution in [-0.4, -0.2) is 46.5 Å². The molecule has 104 valence electrons.